The molecule has 1 saturated carbocycles. The Morgan fingerprint density at radius 1 is 1.42 bits per heavy atom. The van der Waals surface area contributed by atoms with Crippen LogP contribution in [0.1, 0.15) is 31.2 Å². The lowest BCUT2D eigenvalue weighted by atomic mass is 9.77. The highest BCUT2D eigenvalue weighted by Crippen LogP contribution is 2.37. The maximum atomic E-state index is 6.16. The topological polar surface area (TPSA) is 38.5 Å². The number of aryl methyl sites for hydroxylation is 1. The maximum absolute atomic E-state index is 6.16. The monoisotopic (exact) mass is 262 g/mol. The highest BCUT2D eigenvalue weighted by molar-refractivity contribution is 5.51. The molecule has 0 radical (unpaired) electrons. The van der Waals surface area contributed by atoms with Crippen molar-refractivity contribution in [2.75, 3.05) is 25.6 Å². The number of hydrogen-bond acceptors (Lipinski definition) is 3. The Balaban J connectivity index is 2.33. The third kappa shape index (κ3) is 2.63. The van der Waals surface area contributed by atoms with E-state index in [2.05, 4.69) is 43.1 Å². The van der Waals surface area contributed by atoms with E-state index >= 15 is 0 Å². The Hall–Kier alpha value is -1.06. The molecule has 0 heterocycles. The Bertz CT molecular complexity index is 421. The van der Waals surface area contributed by atoms with Crippen LogP contribution in [0.15, 0.2) is 24.3 Å². The summed E-state index contributed by atoms with van der Waals surface area (Å²) in [4.78, 5) is 2.34. The smallest absolute Gasteiger partial charge is 0.0815 e. The number of ether oxygens (including phenoxy) is 1. The van der Waals surface area contributed by atoms with Crippen LogP contribution in [0.4, 0.5) is 5.69 Å². The van der Waals surface area contributed by atoms with Gasteiger partial charge in [0.2, 0.25) is 0 Å². The molecule has 2 unspecified atom stereocenters. The summed E-state index contributed by atoms with van der Waals surface area (Å²) in [6, 6.07) is 8.61. The summed E-state index contributed by atoms with van der Waals surface area (Å²) in [5.41, 5.74) is 8.60. The summed E-state index contributed by atoms with van der Waals surface area (Å²) in [5, 5.41) is 0. The fraction of sp³-hybridized carbons (Fsp3) is 0.625. The van der Waals surface area contributed by atoms with Gasteiger partial charge in [-0.3, -0.25) is 0 Å². The van der Waals surface area contributed by atoms with Gasteiger partial charge >= 0.3 is 0 Å². The van der Waals surface area contributed by atoms with Crippen LogP contribution in [0.3, 0.4) is 0 Å². The van der Waals surface area contributed by atoms with E-state index < -0.39 is 0 Å². The van der Waals surface area contributed by atoms with Crippen LogP contribution < -0.4 is 10.6 Å². The number of hydrogen-bond donors (Lipinski definition) is 1. The third-order valence-electron chi connectivity index (χ3n) is 4.62. The Morgan fingerprint density at radius 2 is 2.21 bits per heavy atom. The lowest BCUT2D eigenvalue weighted by Gasteiger charge is -2.49. The molecular formula is C16H26N2O. The van der Waals surface area contributed by atoms with Gasteiger partial charge in [0.05, 0.1) is 11.6 Å². The van der Waals surface area contributed by atoms with Crippen LogP contribution >= 0.6 is 0 Å². The van der Waals surface area contributed by atoms with E-state index in [0.29, 0.717) is 6.54 Å². The van der Waals surface area contributed by atoms with Crippen molar-refractivity contribution in [1.29, 1.82) is 0 Å². The first kappa shape index (κ1) is 14.4. The van der Waals surface area contributed by atoms with E-state index in [1.807, 2.05) is 7.11 Å². The Kier molecular flexibility index (Phi) is 4.48. The molecule has 0 aliphatic heterocycles. The van der Waals surface area contributed by atoms with Crippen LogP contribution in [-0.4, -0.2) is 32.3 Å². The molecule has 1 fully saturated rings. The predicted molar refractivity (Wildman–Crippen MR) is 80.6 cm³/mol. The van der Waals surface area contributed by atoms with Gasteiger partial charge in [0.1, 0.15) is 0 Å². The van der Waals surface area contributed by atoms with E-state index in [1.165, 1.54) is 24.1 Å². The van der Waals surface area contributed by atoms with Gasteiger partial charge in [-0.15, -0.1) is 0 Å². The number of rotatable bonds is 4. The van der Waals surface area contributed by atoms with Crippen molar-refractivity contribution >= 4 is 5.69 Å². The van der Waals surface area contributed by atoms with Gasteiger partial charge in [-0.25, -0.2) is 0 Å². The predicted octanol–water partition coefficient (Wildman–Crippen LogP) is 2.72. The molecule has 1 aromatic rings. The number of benzene rings is 1. The number of nitrogens with zero attached hydrogens (tertiary/aromatic N) is 1. The van der Waals surface area contributed by atoms with Crippen molar-refractivity contribution in [3.63, 3.8) is 0 Å². The lowest BCUT2D eigenvalue weighted by molar-refractivity contribution is 0.00769. The molecule has 19 heavy (non-hydrogen) atoms. The van der Waals surface area contributed by atoms with Crippen LogP contribution in [0.25, 0.3) is 0 Å². The van der Waals surface area contributed by atoms with Gasteiger partial charge in [-0.05, 0) is 37.5 Å². The zero-order valence-electron chi connectivity index (χ0n) is 12.4. The zero-order chi connectivity index (χ0) is 13.9. The van der Waals surface area contributed by atoms with Crippen molar-refractivity contribution in [2.45, 2.75) is 44.2 Å². The molecule has 0 aromatic heterocycles. The molecule has 1 aliphatic rings. The minimum absolute atomic E-state index is 0.0687. The van der Waals surface area contributed by atoms with Crippen LogP contribution in [0.5, 0.6) is 0 Å². The van der Waals surface area contributed by atoms with E-state index in [-0.39, 0.29) is 11.6 Å². The second kappa shape index (κ2) is 5.93. The van der Waals surface area contributed by atoms with Crippen LogP contribution in [0.2, 0.25) is 0 Å². The van der Waals surface area contributed by atoms with Gasteiger partial charge in [-0.2, -0.15) is 0 Å². The second-order valence-electron chi connectivity index (χ2n) is 5.68. The first-order chi connectivity index (χ1) is 9.14. The Morgan fingerprint density at radius 3 is 2.84 bits per heavy atom. The van der Waals surface area contributed by atoms with Gasteiger partial charge in [0.15, 0.2) is 0 Å². The molecule has 0 amide bonds. The summed E-state index contributed by atoms with van der Waals surface area (Å²) in [5.74, 6) is 0. The number of anilines is 1. The molecule has 2 N–H and O–H groups in total. The molecule has 2 rings (SSSR count). The van der Waals surface area contributed by atoms with Gasteiger partial charge in [-0.1, -0.05) is 25.0 Å². The minimum atomic E-state index is -0.0687. The molecule has 3 heteroatoms. The van der Waals surface area contributed by atoms with Gasteiger partial charge in [0.25, 0.3) is 0 Å². The highest BCUT2D eigenvalue weighted by atomic mass is 16.5. The number of likely N-dealkylation sites (N-methyl/N-ethyl adjacent to an activating group) is 1. The van der Waals surface area contributed by atoms with Gasteiger partial charge in [0, 0.05) is 26.4 Å². The zero-order valence-corrected chi connectivity index (χ0v) is 12.4. The summed E-state index contributed by atoms with van der Waals surface area (Å²) in [7, 11) is 3.96. The standard InChI is InChI=1S/C16H26N2O/c1-13-7-6-8-14(11-13)18(2)16(12-17)10-5-4-9-15(16)19-3/h6-8,11,15H,4-5,9-10,12,17H2,1-3H3. The van der Waals surface area contributed by atoms with Crippen molar-refractivity contribution in [3.8, 4) is 0 Å². The molecule has 106 valence electrons. The average molecular weight is 262 g/mol. The van der Waals surface area contributed by atoms with Gasteiger partial charge < -0.3 is 15.4 Å². The van der Waals surface area contributed by atoms with Crippen LogP contribution in [-0.2, 0) is 4.74 Å². The van der Waals surface area contributed by atoms with E-state index in [1.54, 1.807) is 0 Å². The highest BCUT2D eigenvalue weighted by Gasteiger charge is 2.43. The average Bonchev–Trinajstić information content (AvgIpc) is 2.46. The molecular weight excluding hydrogens is 236 g/mol. The fourth-order valence-electron chi connectivity index (χ4n) is 3.38. The molecule has 0 bridgehead atoms. The summed E-state index contributed by atoms with van der Waals surface area (Å²) in [6.45, 7) is 2.76. The van der Waals surface area contributed by atoms with Crippen molar-refractivity contribution in [2.24, 2.45) is 5.73 Å². The van der Waals surface area contributed by atoms with Crippen molar-refractivity contribution in [1.82, 2.24) is 0 Å². The number of nitrogens with two attached hydrogens (primary N) is 1. The molecule has 1 aromatic carbocycles. The third-order valence-corrected chi connectivity index (χ3v) is 4.62. The normalized spacial score (nSPS) is 27.3. The first-order valence-electron chi connectivity index (χ1n) is 7.17. The lowest BCUT2D eigenvalue weighted by Crippen LogP contribution is -2.62. The summed E-state index contributed by atoms with van der Waals surface area (Å²) in [6.07, 6.45) is 4.89. The van der Waals surface area contributed by atoms with E-state index in [0.717, 1.165) is 12.8 Å². The molecule has 1 aliphatic carbocycles. The fourth-order valence-corrected chi connectivity index (χ4v) is 3.38. The number of methoxy groups -OCH3 is 1. The van der Waals surface area contributed by atoms with Crippen LogP contribution in [0, 0.1) is 6.92 Å². The quantitative estimate of drug-likeness (QED) is 0.906. The maximum Gasteiger partial charge on any atom is 0.0815 e. The SMILES string of the molecule is COC1CCCCC1(CN)N(C)c1cccc(C)c1. The van der Waals surface area contributed by atoms with E-state index in [4.69, 9.17) is 10.5 Å². The molecule has 2 atom stereocenters. The van der Waals surface area contributed by atoms with Crippen molar-refractivity contribution in [3.05, 3.63) is 29.8 Å². The van der Waals surface area contributed by atoms with E-state index in [9.17, 15) is 0 Å². The summed E-state index contributed by atoms with van der Waals surface area (Å²) < 4.78 is 5.75. The second-order valence-corrected chi connectivity index (χ2v) is 5.68. The minimum Gasteiger partial charge on any atom is -0.379 e. The molecule has 0 saturated heterocycles. The largest absolute Gasteiger partial charge is 0.379 e. The summed E-state index contributed by atoms with van der Waals surface area (Å²) >= 11 is 0. The van der Waals surface area contributed by atoms with Crippen molar-refractivity contribution < 1.29 is 4.74 Å². The first-order valence-corrected chi connectivity index (χ1v) is 7.17. The molecule has 3 nitrogen and oxygen atoms in total. The Labute approximate surface area is 116 Å². The molecule has 0 spiro atoms.